The van der Waals surface area contributed by atoms with Gasteiger partial charge in [-0.3, -0.25) is 4.79 Å². The van der Waals surface area contributed by atoms with Crippen molar-refractivity contribution in [3.63, 3.8) is 0 Å². The lowest BCUT2D eigenvalue weighted by molar-refractivity contribution is -0.122. The van der Waals surface area contributed by atoms with Gasteiger partial charge in [0.2, 0.25) is 0 Å². The molecule has 0 aliphatic carbocycles. The summed E-state index contributed by atoms with van der Waals surface area (Å²) in [6.45, 7) is 0.298. The number of likely N-dealkylation sites (tertiary alicyclic amines) is 1. The second-order valence-corrected chi connectivity index (χ2v) is 4.89. The Bertz CT molecular complexity index is 458. The number of hydrogen-bond donors (Lipinski definition) is 1. The van der Waals surface area contributed by atoms with Crippen molar-refractivity contribution in [1.82, 2.24) is 4.90 Å². The summed E-state index contributed by atoms with van der Waals surface area (Å²) >= 11 is 5.80. The van der Waals surface area contributed by atoms with Crippen molar-refractivity contribution in [2.45, 2.75) is 25.3 Å². The van der Waals surface area contributed by atoms with Crippen LogP contribution in [-0.2, 0) is 11.2 Å². The number of hydrogen-bond acceptors (Lipinski definition) is 2. The third-order valence-electron chi connectivity index (χ3n) is 3.17. The zero-order chi connectivity index (χ0) is 13.1. The van der Waals surface area contributed by atoms with Crippen molar-refractivity contribution in [2.24, 2.45) is 0 Å². The van der Waals surface area contributed by atoms with Crippen LogP contribution in [0.2, 0.25) is 5.02 Å². The number of halogens is 1. The first-order chi connectivity index (χ1) is 8.56. The van der Waals surface area contributed by atoms with Crippen LogP contribution in [0, 0.1) is 0 Å². The molecule has 0 spiro atoms. The Kier molecular flexibility index (Phi) is 3.87. The minimum absolute atomic E-state index is 0.131. The third kappa shape index (κ3) is 3.01. The van der Waals surface area contributed by atoms with E-state index in [0.717, 1.165) is 5.56 Å². The van der Waals surface area contributed by atoms with E-state index in [9.17, 15) is 9.59 Å². The van der Waals surface area contributed by atoms with E-state index in [1.54, 1.807) is 12.1 Å². The molecule has 1 aromatic rings. The standard InChI is InChI=1S/C13H14ClNO3/c14-10-3-1-9(2-4-10)7-11-8-12(16)5-6-15(11)13(17)18/h1-4,11H,5-8H2,(H,17,18). The topological polar surface area (TPSA) is 57.6 Å². The summed E-state index contributed by atoms with van der Waals surface area (Å²) < 4.78 is 0. The van der Waals surface area contributed by atoms with Crippen LogP contribution in [0.1, 0.15) is 18.4 Å². The Morgan fingerprint density at radius 2 is 2.06 bits per heavy atom. The van der Waals surface area contributed by atoms with Gasteiger partial charge in [-0.25, -0.2) is 4.79 Å². The number of benzene rings is 1. The second-order valence-electron chi connectivity index (χ2n) is 4.45. The van der Waals surface area contributed by atoms with E-state index in [-0.39, 0.29) is 11.8 Å². The van der Waals surface area contributed by atoms with E-state index < -0.39 is 6.09 Å². The summed E-state index contributed by atoms with van der Waals surface area (Å²) in [5, 5.41) is 9.76. The molecule has 2 rings (SSSR count). The van der Waals surface area contributed by atoms with Gasteiger partial charge in [0.05, 0.1) is 0 Å². The van der Waals surface area contributed by atoms with Crippen LogP contribution in [0.15, 0.2) is 24.3 Å². The largest absolute Gasteiger partial charge is 0.465 e. The zero-order valence-electron chi connectivity index (χ0n) is 9.80. The predicted molar refractivity (Wildman–Crippen MR) is 67.9 cm³/mol. The van der Waals surface area contributed by atoms with Gasteiger partial charge in [0.15, 0.2) is 0 Å². The maximum Gasteiger partial charge on any atom is 0.407 e. The fourth-order valence-electron chi connectivity index (χ4n) is 2.23. The molecule has 18 heavy (non-hydrogen) atoms. The van der Waals surface area contributed by atoms with Gasteiger partial charge in [-0.15, -0.1) is 0 Å². The smallest absolute Gasteiger partial charge is 0.407 e. The molecule has 1 aliphatic heterocycles. The summed E-state index contributed by atoms with van der Waals surface area (Å²) in [5.74, 6) is 0.131. The molecule has 0 aromatic heterocycles. The van der Waals surface area contributed by atoms with Gasteiger partial charge in [0.25, 0.3) is 0 Å². The molecule has 0 radical (unpaired) electrons. The summed E-state index contributed by atoms with van der Waals surface area (Å²) in [6.07, 6.45) is 0.217. The monoisotopic (exact) mass is 267 g/mol. The minimum Gasteiger partial charge on any atom is -0.465 e. The lowest BCUT2D eigenvalue weighted by Crippen LogP contribution is -2.46. The van der Waals surface area contributed by atoms with Crippen LogP contribution in [0.5, 0.6) is 0 Å². The van der Waals surface area contributed by atoms with Crippen LogP contribution in [0.4, 0.5) is 4.79 Å². The van der Waals surface area contributed by atoms with Gasteiger partial charge in [0.1, 0.15) is 5.78 Å². The lowest BCUT2D eigenvalue weighted by Gasteiger charge is -2.32. The van der Waals surface area contributed by atoms with E-state index in [1.807, 2.05) is 12.1 Å². The number of ketones is 1. The van der Waals surface area contributed by atoms with Crippen molar-refractivity contribution in [2.75, 3.05) is 6.54 Å². The highest BCUT2D eigenvalue weighted by atomic mass is 35.5. The van der Waals surface area contributed by atoms with Gasteiger partial charge in [0, 0.05) is 30.5 Å². The molecule has 4 nitrogen and oxygen atoms in total. The van der Waals surface area contributed by atoms with E-state index in [0.29, 0.717) is 30.8 Å². The molecular weight excluding hydrogens is 254 g/mol. The number of piperidine rings is 1. The highest BCUT2D eigenvalue weighted by Crippen LogP contribution is 2.20. The molecule has 96 valence electrons. The highest BCUT2D eigenvalue weighted by molar-refractivity contribution is 6.30. The number of carbonyl (C=O) groups excluding carboxylic acids is 1. The molecule has 1 saturated heterocycles. The van der Waals surface area contributed by atoms with Gasteiger partial charge < -0.3 is 10.0 Å². The van der Waals surface area contributed by atoms with Gasteiger partial charge in [-0.2, -0.15) is 0 Å². The first-order valence-corrected chi connectivity index (χ1v) is 6.20. The SMILES string of the molecule is O=C1CCN(C(=O)O)C(Cc2ccc(Cl)cc2)C1. The molecule has 0 saturated carbocycles. The number of rotatable bonds is 2. The van der Waals surface area contributed by atoms with Crippen molar-refractivity contribution < 1.29 is 14.7 Å². The second kappa shape index (κ2) is 5.40. The number of carboxylic acid groups (broad SMARTS) is 1. The maximum absolute atomic E-state index is 11.4. The van der Waals surface area contributed by atoms with E-state index in [2.05, 4.69) is 0 Å². The highest BCUT2D eigenvalue weighted by Gasteiger charge is 2.30. The molecule has 0 bridgehead atoms. The Morgan fingerprint density at radius 1 is 1.39 bits per heavy atom. The van der Waals surface area contributed by atoms with Crippen molar-refractivity contribution in [3.8, 4) is 0 Å². The summed E-state index contributed by atoms with van der Waals surface area (Å²) in [4.78, 5) is 23.9. The molecule has 5 heteroatoms. The average molecular weight is 268 g/mol. The van der Waals surface area contributed by atoms with Gasteiger partial charge in [-0.05, 0) is 24.1 Å². The van der Waals surface area contributed by atoms with E-state index >= 15 is 0 Å². The summed E-state index contributed by atoms with van der Waals surface area (Å²) in [7, 11) is 0. The molecule has 1 unspecified atom stereocenters. The van der Waals surface area contributed by atoms with Crippen LogP contribution < -0.4 is 0 Å². The fraction of sp³-hybridized carbons (Fsp3) is 0.385. The Hall–Kier alpha value is -1.55. The normalized spacial score (nSPS) is 19.9. The van der Waals surface area contributed by atoms with Gasteiger partial charge >= 0.3 is 6.09 Å². The Morgan fingerprint density at radius 3 is 2.67 bits per heavy atom. The summed E-state index contributed by atoms with van der Waals surface area (Å²) in [5.41, 5.74) is 0.991. The van der Waals surface area contributed by atoms with Gasteiger partial charge in [-0.1, -0.05) is 23.7 Å². The molecule has 1 heterocycles. The van der Waals surface area contributed by atoms with Crippen molar-refractivity contribution >= 4 is 23.5 Å². The minimum atomic E-state index is -0.957. The molecule has 1 amide bonds. The molecule has 1 atom stereocenters. The number of nitrogens with zero attached hydrogens (tertiary/aromatic N) is 1. The predicted octanol–water partition coefficient (Wildman–Crippen LogP) is 2.59. The maximum atomic E-state index is 11.4. The number of carbonyl (C=O) groups is 2. The van der Waals surface area contributed by atoms with E-state index in [4.69, 9.17) is 16.7 Å². The van der Waals surface area contributed by atoms with E-state index in [1.165, 1.54) is 4.90 Å². The lowest BCUT2D eigenvalue weighted by atomic mass is 9.95. The zero-order valence-corrected chi connectivity index (χ0v) is 10.6. The first-order valence-electron chi connectivity index (χ1n) is 5.82. The third-order valence-corrected chi connectivity index (χ3v) is 3.42. The Labute approximate surface area is 110 Å². The van der Waals surface area contributed by atoms with Crippen LogP contribution >= 0.6 is 11.6 Å². The quantitative estimate of drug-likeness (QED) is 0.896. The molecule has 1 fully saturated rings. The molecular formula is C13H14ClNO3. The van der Waals surface area contributed by atoms with Crippen molar-refractivity contribution in [3.05, 3.63) is 34.9 Å². The first kappa shape index (κ1) is 12.9. The fourth-order valence-corrected chi connectivity index (χ4v) is 2.36. The average Bonchev–Trinajstić information content (AvgIpc) is 2.32. The molecule has 1 aliphatic rings. The Balaban J connectivity index is 2.11. The van der Waals surface area contributed by atoms with Crippen LogP contribution in [-0.4, -0.2) is 34.5 Å². The van der Waals surface area contributed by atoms with Crippen molar-refractivity contribution in [1.29, 1.82) is 0 Å². The summed E-state index contributed by atoms with van der Waals surface area (Å²) in [6, 6.07) is 7.01. The van der Waals surface area contributed by atoms with Crippen LogP contribution in [0.25, 0.3) is 0 Å². The van der Waals surface area contributed by atoms with Crippen LogP contribution in [0.3, 0.4) is 0 Å². The molecule has 1 N–H and O–H groups in total. The molecule has 1 aromatic carbocycles. The number of amides is 1. The number of Topliss-reactive ketones (excluding diaryl/α,β-unsaturated/α-hetero) is 1.